The van der Waals surface area contributed by atoms with Gasteiger partial charge in [0.1, 0.15) is 0 Å². The van der Waals surface area contributed by atoms with E-state index in [2.05, 4.69) is 9.97 Å². The summed E-state index contributed by atoms with van der Waals surface area (Å²) in [7, 11) is 0. The molecule has 0 aliphatic carbocycles. The average molecular weight is 218 g/mol. The maximum Gasteiger partial charge on any atom is 0.345 e. The molecule has 1 aromatic carbocycles. The molecule has 2 aromatic rings. The summed E-state index contributed by atoms with van der Waals surface area (Å²) in [4.78, 5) is 18.0. The third-order valence-electron chi connectivity index (χ3n) is 2.65. The van der Waals surface area contributed by atoms with Gasteiger partial charge in [-0.3, -0.25) is 0 Å². The SMILES string of the molecule is CCc1[nH]c(=O)nc2ccc3c(c12)OCO3. The molecule has 1 aliphatic heterocycles. The van der Waals surface area contributed by atoms with Crippen LogP contribution in [0.2, 0.25) is 0 Å². The highest BCUT2D eigenvalue weighted by Gasteiger charge is 2.19. The van der Waals surface area contributed by atoms with Crippen molar-refractivity contribution in [3.8, 4) is 11.5 Å². The van der Waals surface area contributed by atoms with E-state index in [1.54, 1.807) is 12.1 Å². The third kappa shape index (κ3) is 1.18. The summed E-state index contributed by atoms with van der Waals surface area (Å²) in [5.74, 6) is 1.38. The quantitative estimate of drug-likeness (QED) is 0.781. The second kappa shape index (κ2) is 3.23. The van der Waals surface area contributed by atoms with E-state index in [4.69, 9.17) is 9.47 Å². The van der Waals surface area contributed by atoms with Crippen LogP contribution >= 0.6 is 0 Å². The first kappa shape index (κ1) is 9.21. The molecule has 5 heteroatoms. The van der Waals surface area contributed by atoms with Crippen LogP contribution in [0.5, 0.6) is 11.5 Å². The first-order valence-corrected chi connectivity index (χ1v) is 5.11. The minimum atomic E-state index is -0.330. The van der Waals surface area contributed by atoms with Crippen molar-refractivity contribution in [1.29, 1.82) is 0 Å². The van der Waals surface area contributed by atoms with Gasteiger partial charge in [-0.1, -0.05) is 6.92 Å². The van der Waals surface area contributed by atoms with E-state index >= 15 is 0 Å². The Bertz CT molecular complexity index is 618. The number of rotatable bonds is 1. The van der Waals surface area contributed by atoms with Gasteiger partial charge in [0.25, 0.3) is 0 Å². The van der Waals surface area contributed by atoms with Crippen molar-refractivity contribution in [2.45, 2.75) is 13.3 Å². The molecule has 0 saturated heterocycles. The Balaban J connectivity index is 2.46. The molecule has 1 aliphatic rings. The summed E-state index contributed by atoms with van der Waals surface area (Å²) in [5.41, 5.74) is 1.14. The monoisotopic (exact) mass is 218 g/mol. The van der Waals surface area contributed by atoms with Crippen LogP contribution < -0.4 is 15.2 Å². The molecule has 1 N–H and O–H groups in total. The number of fused-ring (bicyclic) bond motifs is 3. The molecule has 2 heterocycles. The molecule has 0 saturated carbocycles. The normalized spacial score (nSPS) is 13.3. The second-order valence-electron chi connectivity index (χ2n) is 3.57. The number of ether oxygens (including phenoxy) is 2. The van der Waals surface area contributed by atoms with Crippen LogP contribution in [0.15, 0.2) is 16.9 Å². The van der Waals surface area contributed by atoms with Gasteiger partial charge in [0.05, 0.1) is 10.9 Å². The average Bonchev–Trinajstić information content (AvgIpc) is 2.75. The van der Waals surface area contributed by atoms with Crippen molar-refractivity contribution in [3.05, 3.63) is 28.3 Å². The van der Waals surface area contributed by atoms with Crippen LogP contribution in [0, 0.1) is 0 Å². The summed E-state index contributed by atoms with van der Waals surface area (Å²) < 4.78 is 10.7. The van der Waals surface area contributed by atoms with Gasteiger partial charge in [-0.15, -0.1) is 0 Å². The fraction of sp³-hybridized carbons (Fsp3) is 0.273. The molecule has 16 heavy (non-hydrogen) atoms. The molecule has 0 radical (unpaired) electrons. The van der Waals surface area contributed by atoms with Crippen molar-refractivity contribution >= 4 is 10.9 Å². The number of aromatic amines is 1. The van der Waals surface area contributed by atoms with Crippen molar-refractivity contribution < 1.29 is 9.47 Å². The highest BCUT2D eigenvalue weighted by atomic mass is 16.7. The largest absolute Gasteiger partial charge is 0.454 e. The number of hydrogen-bond donors (Lipinski definition) is 1. The van der Waals surface area contributed by atoms with Crippen LogP contribution in [0.1, 0.15) is 12.6 Å². The number of nitrogens with zero attached hydrogens (tertiary/aromatic N) is 1. The first-order valence-electron chi connectivity index (χ1n) is 5.11. The molecule has 0 amide bonds. The Labute approximate surface area is 91.0 Å². The van der Waals surface area contributed by atoms with Crippen molar-refractivity contribution in [2.75, 3.05) is 6.79 Å². The minimum absolute atomic E-state index is 0.219. The van der Waals surface area contributed by atoms with E-state index in [0.29, 0.717) is 23.4 Å². The molecule has 0 atom stereocenters. The molecule has 0 spiro atoms. The molecular formula is C11H10N2O3. The fourth-order valence-electron chi connectivity index (χ4n) is 1.94. The van der Waals surface area contributed by atoms with Crippen molar-refractivity contribution in [2.24, 2.45) is 0 Å². The highest BCUT2D eigenvalue weighted by molar-refractivity contribution is 5.90. The van der Waals surface area contributed by atoms with E-state index < -0.39 is 0 Å². The van der Waals surface area contributed by atoms with E-state index in [1.165, 1.54) is 0 Å². The molecule has 82 valence electrons. The smallest absolute Gasteiger partial charge is 0.345 e. The van der Waals surface area contributed by atoms with E-state index in [-0.39, 0.29) is 12.5 Å². The third-order valence-corrected chi connectivity index (χ3v) is 2.65. The van der Waals surface area contributed by atoms with Crippen LogP contribution in [-0.4, -0.2) is 16.8 Å². The van der Waals surface area contributed by atoms with Gasteiger partial charge in [0.2, 0.25) is 6.79 Å². The molecule has 0 unspecified atom stereocenters. The highest BCUT2D eigenvalue weighted by Crippen LogP contribution is 2.39. The lowest BCUT2D eigenvalue weighted by molar-refractivity contribution is 0.175. The fourth-order valence-corrected chi connectivity index (χ4v) is 1.94. The number of aryl methyl sites for hydroxylation is 1. The summed E-state index contributed by atoms with van der Waals surface area (Å²) in [6.07, 6.45) is 0.716. The van der Waals surface area contributed by atoms with Crippen LogP contribution in [0.4, 0.5) is 0 Å². The van der Waals surface area contributed by atoms with Gasteiger partial charge < -0.3 is 14.5 Å². The summed E-state index contributed by atoms with van der Waals surface area (Å²) in [6, 6.07) is 3.55. The van der Waals surface area contributed by atoms with Gasteiger partial charge in [0.15, 0.2) is 11.5 Å². The summed E-state index contributed by atoms with van der Waals surface area (Å²) in [6.45, 7) is 2.19. The maximum absolute atomic E-state index is 11.3. The van der Waals surface area contributed by atoms with Crippen LogP contribution in [0.3, 0.4) is 0 Å². The predicted octanol–water partition coefficient (Wildman–Crippen LogP) is 1.21. The number of nitrogens with one attached hydrogen (secondary N) is 1. The topological polar surface area (TPSA) is 64.2 Å². The van der Waals surface area contributed by atoms with Gasteiger partial charge in [-0.05, 0) is 18.6 Å². The van der Waals surface area contributed by atoms with Gasteiger partial charge in [0, 0.05) is 5.69 Å². The second-order valence-corrected chi connectivity index (χ2v) is 3.57. The molecular weight excluding hydrogens is 208 g/mol. The minimum Gasteiger partial charge on any atom is -0.454 e. The van der Waals surface area contributed by atoms with Crippen LogP contribution in [-0.2, 0) is 6.42 Å². The Kier molecular flexibility index (Phi) is 1.86. The number of aromatic nitrogens is 2. The molecule has 3 rings (SSSR count). The molecule has 1 aromatic heterocycles. The van der Waals surface area contributed by atoms with E-state index in [1.807, 2.05) is 6.92 Å². The summed E-state index contributed by atoms with van der Waals surface area (Å²) >= 11 is 0. The Morgan fingerprint density at radius 2 is 2.31 bits per heavy atom. The Morgan fingerprint density at radius 3 is 3.12 bits per heavy atom. The van der Waals surface area contributed by atoms with Crippen LogP contribution in [0.25, 0.3) is 10.9 Å². The first-order chi connectivity index (χ1) is 7.79. The summed E-state index contributed by atoms with van der Waals surface area (Å²) in [5, 5.41) is 0.845. The zero-order chi connectivity index (χ0) is 11.1. The predicted molar refractivity (Wildman–Crippen MR) is 57.9 cm³/mol. The molecule has 5 nitrogen and oxygen atoms in total. The lowest BCUT2D eigenvalue weighted by Gasteiger charge is -2.05. The van der Waals surface area contributed by atoms with E-state index in [0.717, 1.165) is 11.1 Å². The lowest BCUT2D eigenvalue weighted by atomic mass is 10.1. The van der Waals surface area contributed by atoms with Crippen molar-refractivity contribution in [1.82, 2.24) is 9.97 Å². The van der Waals surface area contributed by atoms with Gasteiger partial charge >= 0.3 is 5.69 Å². The lowest BCUT2D eigenvalue weighted by Crippen LogP contribution is -2.13. The standard InChI is InChI=1S/C11H10N2O3/c1-2-6-9-7(13-11(14)12-6)3-4-8-10(9)16-5-15-8/h3-4H,2,5H2,1H3,(H,12,13,14). The van der Waals surface area contributed by atoms with Gasteiger partial charge in [-0.2, -0.15) is 4.98 Å². The number of hydrogen-bond acceptors (Lipinski definition) is 4. The zero-order valence-corrected chi connectivity index (χ0v) is 8.74. The van der Waals surface area contributed by atoms with Gasteiger partial charge in [-0.25, -0.2) is 4.79 Å². The van der Waals surface area contributed by atoms with E-state index in [9.17, 15) is 4.79 Å². The number of H-pyrrole nitrogens is 1. The zero-order valence-electron chi connectivity index (χ0n) is 8.74. The Morgan fingerprint density at radius 1 is 1.44 bits per heavy atom. The maximum atomic E-state index is 11.3. The molecule has 0 bridgehead atoms. The number of benzene rings is 1. The van der Waals surface area contributed by atoms with Crippen molar-refractivity contribution in [3.63, 3.8) is 0 Å². The molecule has 0 fully saturated rings. The Hall–Kier alpha value is -2.04.